The van der Waals surface area contributed by atoms with Gasteiger partial charge in [0, 0.05) is 57.8 Å². The van der Waals surface area contributed by atoms with Crippen LogP contribution in [0.15, 0.2) is 30.5 Å². The van der Waals surface area contributed by atoms with Gasteiger partial charge in [0.15, 0.2) is 5.82 Å². The van der Waals surface area contributed by atoms with Gasteiger partial charge in [-0.1, -0.05) is 34.8 Å². The molecule has 0 radical (unpaired) electrons. The van der Waals surface area contributed by atoms with E-state index < -0.39 is 10.0 Å². The number of sulfonamides is 1. The summed E-state index contributed by atoms with van der Waals surface area (Å²) in [5.41, 5.74) is 3.20. The van der Waals surface area contributed by atoms with Gasteiger partial charge in [0.1, 0.15) is 10.8 Å². The molecule has 236 valence electrons. The van der Waals surface area contributed by atoms with Crippen molar-refractivity contribution in [3.8, 4) is 5.75 Å². The molecule has 3 N–H and O–H groups in total. The van der Waals surface area contributed by atoms with Crippen LogP contribution in [0.3, 0.4) is 0 Å². The summed E-state index contributed by atoms with van der Waals surface area (Å²) in [5, 5.41) is 7.61. The number of hydrogen-bond donors (Lipinski definition) is 3. The molecule has 4 heterocycles. The molecule has 0 aliphatic carbocycles. The molecule has 2 aromatic carbocycles. The van der Waals surface area contributed by atoms with Gasteiger partial charge in [-0.3, -0.25) is 9.62 Å². The van der Waals surface area contributed by atoms with E-state index in [0.717, 1.165) is 69.6 Å². The number of nitrogens with zero attached hydrogens (tertiary/aromatic N) is 5. The number of anilines is 6. The Labute approximate surface area is 272 Å². The largest absolute Gasteiger partial charge is 0.493 e. The standard InChI is InChI=1S/C29H35Cl3N8O3S/c1-38-8-10-39(11-9-38)19-3-6-40(7-4-19)26-15-20(30)23(14-21(26)31)35-29-33-17-22(32)28(36-29)34-24-13-18-5-12-43-27(18)16-25(24)37-44(2,41)42/h13-17,19,37H,3-12H2,1-2H3,(H2,33,34,35,36). The molecule has 0 unspecified atom stereocenters. The van der Waals surface area contributed by atoms with Gasteiger partial charge in [0.05, 0.1) is 51.9 Å². The van der Waals surface area contributed by atoms with Gasteiger partial charge in [-0.25, -0.2) is 13.4 Å². The Morgan fingerprint density at radius 2 is 1.64 bits per heavy atom. The molecule has 2 saturated heterocycles. The lowest BCUT2D eigenvalue weighted by atomic mass is 10.0. The van der Waals surface area contributed by atoms with E-state index in [1.807, 2.05) is 12.1 Å². The minimum absolute atomic E-state index is 0.234. The fraction of sp³-hybridized carbons (Fsp3) is 0.448. The van der Waals surface area contributed by atoms with E-state index in [9.17, 15) is 8.42 Å². The summed E-state index contributed by atoms with van der Waals surface area (Å²) < 4.78 is 32.2. The van der Waals surface area contributed by atoms with Crippen molar-refractivity contribution in [2.75, 3.05) is 79.4 Å². The molecular weight excluding hydrogens is 647 g/mol. The van der Waals surface area contributed by atoms with Crippen LogP contribution in [0.5, 0.6) is 5.75 Å². The lowest BCUT2D eigenvalue weighted by Gasteiger charge is -2.42. The number of piperazine rings is 1. The molecule has 1 aromatic heterocycles. The molecule has 3 aliphatic heterocycles. The highest BCUT2D eigenvalue weighted by Crippen LogP contribution is 2.39. The van der Waals surface area contributed by atoms with Crippen molar-refractivity contribution in [3.05, 3.63) is 51.1 Å². The summed E-state index contributed by atoms with van der Waals surface area (Å²) in [6.07, 6.45) is 5.42. The van der Waals surface area contributed by atoms with E-state index >= 15 is 0 Å². The van der Waals surface area contributed by atoms with E-state index in [2.05, 4.69) is 47.1 Å². The SMILES string of the molecule is CN1CCN(C2CCN(c3cc(Cl)c(Nc4ncc(Cl)c(Nc5cc6c(cc5NS(C)(=O)=O)OCC6)n4)cc3Cl)CC2)CC1. The second-order valence-electron chi connectivity index (χ2n) is 11.5. The van der Waals surface area contributed by atoms with Crippen LogP contribution in [-0.2, 0) is 16.4 Å². The predicted molar refractivity (Wildman–Crippen MR) is 178 cm³/mol. The minimum Gasteiger partial charge on any atom is -0.493 e. The minimum atomic E-state index is -3.56. The van der Waals surface area contributed by atoms with Crippen molar-refractivity contribution in [2.24, 2.45) is 0 Å². The third-order valence-corrected chi connectivity index (χ3v) is 9.75. The lowest BCUT2D eigenvalue weighted by Crippen LogP contribution is -2.52. The maximum Gasteiger partial charge on any atom is 0.229 e. The number of likely N-dealkylation sites (N-methyl/N-ethyl adjacent to an activating group) is 1. The van der Waals surface area contributed by atoms with Crippen molar-refractivity contribution in [3.63, 3.8) is 0 Å². The molecule has 0 amide bonds. The van der Waals surface area contributed by atoms with E-state index in [0.29, 0.717) is 51.9 Å². The van der Waals surface area contributed by atoms with Crippen molar-refractivity contribution < 1.29 is 13.2 Å². The quantitative estimate of drug-likeness (QED) is 0.284. The number of rotatable bonds is 8. The fourth-order valence-electron chi connectivity index (χ4n) is 5.91. The second-order valence-corrected chi connectivity index (χ2v) is 14.4. The Bertz CT molecular complexity index is 1650. The van der Waals surface area contributed by atoms with Gasteiger partial charge in [0.2, 0.25) is 16.0 Å². The average molecular weight is 682 g/mol. The Balaban J connectivity index is 1.16. The molecular formula is C29H35Cl3N8O3S. The maximum atomic E-state index is 12.0. The Morgan fingerprint density at radius 3 is 2.36 bits per heavy atom. The van der Waals surface area contributed by atoms with Gasteiger partial charge < -0.3 is 25.2 Å². The summed E-state index contributed by atoms with van der Waals surface area (Å²) in [5.74, 6) is 1.14. The highest BCUT2D eigenvalue weighted by Gasteiger charge is 2.28. The summed E-state index contributed by atoms with van der Waals surface area (Å²) in [6, 6.07) is 7.74. The number of hydrogen-bond acceptors (Lipinski definition) is 10. The van der Waals surface area contributed by atoms with Crippen molar-refractivity contribution in [2.45, 2.75) is 25.3 Å². The summed E-state index contributed by atoms with van der Waals surface area (Å²) >= 11 is 20.0. The molecule has 3 aliphatic rings. The average Bonchev–Trinajstić information content (AvgIpc) is 3.43. The first-order valence-electron chi connectivity index (χ1n) is 14.5. The third-order valence-electron chi connectivity index (χ3n) is 8.26. The van der Waals surface area contributed by atoms with E-state index in [-0.39, 0.29) is 16.8 Å². The first kappa shape index (κ1) is 31.3. The van der Waals surface area contributed by atoms with Gasteiger partial charge in [-0.05, 0) is 43.7 Å². The first-order chi connectivity index (χ1) is 21.0. The zero-order chi connectivity index (χ0) is 31.0. The molecule has 6 rings (SSSR count). The summed E-state index contributed by atoms with van der Waals surface area (Å²) in [7, 11) is -1.38. The van der Waals surface area contributed by atoms with Crippen LogP contribution in [0.2, 0.25) is 15.1 Å². The molecule has 11 nitrogen and oxygen atoms in total. The van der Waals surface area contributed by atoms with E-state index in [1.54, 1.807) is 12.1 Å². The van der Waals surface area contributed by atoms with Crippen LogP contribution in [-0.4, -0.2) is 93.4 Å². The smallest absolute Gasteiger partial charge is 0.229 e. The molecule has 2 fully saturated rings. The molecule has 0 saturated carbocycles. The van der Waals surface area contributed by atoms with Crippen LogP contribution in [0.25, 0.3) is 0 Å². The topological polar surface area (TPSA) is 115 Å². The molecule has 0 bridgehead atoms. The first-order valence-corrected chi connectivity index (χ1v) is 17.6. The highest BCUT2D eigenvalue weighted by molar-refractivity contribution is 7.92. The van der Waals surface area contributed by atoms with Gasteiger partial charge >= 0.3 is 0 Å². The number of aromatic nitrogens is 2. The van der Waals surface area contributed by atoms with Crippen LogP contribution in [0.1, 0.15) is 18.4 Å². The van der Waals surface area contributed by atoms with Gasteiger partial charge in [0.25, 0.3) is 0 Å². The normalized spacial score (nSPS) is 18.2. The summed E-state index contributed by atoms with van der Waals surface area (Å²) in [6.45, 7) is 6.85. The van der Waals surface area contributed by atoms with E-state index in [1.165, 1.54) is 6.20 Å². The third kappa shape index (κ3) is 7.21. The molecule has 3 aromatic rings. The molecule has 0 spiro atoms. The zero-order valence-electron chi connectivity index (χ0n) is 24.5. The second kappa shape index (κ2) is 12.9. The predicted octanol–water partition coefficient (Wildman–Crippen LogP) is 5.45. The van der Waals surface area contributed by atoms with Crippen molar-refractivity contribution >= 4 is 79.3 Å². The zero-order valence-corrected chi connectivity index (χ0v) is 27.6. The monoisotopic (exact) mass is 680 g/mol. The molecule has 15 heteroatoms. The van der Waals surface area contributed by atoms with E-state index in [4.69, 9.17) is 39.5 Å². The van der Waals surface area contributed by atoms with Crippen LogP contribution in [0, 0.1) is 0 Å². The van der Waals surface area contributed by atoms with Gasteiger partial charge in [-0.2, -0.15) is 4.98 Å². The number of nitrogens with one attached hydrogen (secondary N) is 3. The number of fused-ring (bicyclic) bond motifs is 1. The van der Waals surface area contributed by atoms with Crippen molar-refractivity contribution in [1.82, 2.24) is 19.8 Å². The number of ether oxygens (including phenoxy) is 1. The number of piperidine rings is 1. The Kier molecular flexibility index (Phi) is 9.19. The number of benzene rings is 2. The Morgan fingerprint density at radius 1 is 0.886 bits per heavy atom. The number of halogens is 3. The maximum absolute atomic E-state index is 12.0. The van der Waals surface area contributed by atoms with Crippen LogP contribution < -0.4 is 25.0 Å². The fourth-order valence-corrected chi connectivity index (χ4v) is 7.10. The lowest BCUT2D eigenvalue weighted by molar-refractivity contribution is 0.0982. The molecule has 0 atom stereocenters. The molecule has 44 heavy (non-hydrogen) atoms. The summed E-state index contributed by atoms with van der Waals surface area (Å²) in [4.78, 5) is 16.2. The van der Waals surface area contributed by atoms with Crippen LogP contribution in [0.4, 0.5) is 34.5 Å². The Hall–Kier alpha value is -2.74. The highest BCUT2D eigenvalue weighted by atomic mass is 35.5. The van der Waals surface area contributed by atoms with Gasteiger partial charge in [-0.15, -0.1) is 0 Å². The van der Waals surface area contributed by atoms with Crippen LogP contribution >= 0.6 is 34.8 Å². The van der Waals surface area contributed by atoms with Crippen molar-refractivity contribution in [1.29, 1.82) is 0 Å².